The van der Waals surface area contributed by atoms with Gasteiger partial charge in [0.2, 0.25) is 0 Å². The van der Waals surface area contributed by atoms with Crippen LogP contribution in [0.2, 0.25) is 0 Å². The normalized spacial score (nSPS) is 36.9. The Morgan fingerprint density at radius 1 is 0.895 bits per heavy atom. The first-order valence-electron chi connectivity index (χ1n) is 17.7. The van der Waals surface area contributed by atoms with Crippen LogP contribution in [-0.2, 0) is 0 Å². The van der Waals surface area contributed by atoms with E-state index in [4.69, 9.17) is 0 Å². The minimum Gasteiger partial charge on any atom is -0.0879 e. The molecule has 3 aliphatic carbocycles. The van der Waals surface area contributed by atoms with Crippen LogP contribution in [0.15, 0.2) is 23.8 Å². The molecule has 0 heteroatoms. The molecule has 0 amide bonds. The lowest BCUT2D eigenvalue weighted by atomic mass is 9.49. The Kier molecular flexibility index (Phi) is 13.5. The van der Waals surface area contributed by atoms with Crippen molar-refractivity contribution in [3.8, 4) is 0 Å². The molecule has 0 saturated heterocycles. The highest BCUT2D eigenvalue weighted by atomic mass is 14.6. The average Bonchev–Trinajstić information content (AvgIpc) is 2.92. The van der Waals surface area contributed by atoms with Crippen LogP contribution in [0.1, 0.15) is 176 Å². The van der Waals surface area contributed by atoms with Crippen molar-refractivity contribution in [3.05, 3.63) is 23.8 Å². The third-order valence-electron chi connectivity index (χ3n) is 12.3. The highest BCUT2D eigenvalue weighted by Gasteiger charge is 2.51. The summed E-state index contributed by atoms with van der Waals surface area (Å²) in [7, 11) is 0. The summed E-state index contributed by atoms with van der Waals surface area (Å²) in [6, 6.07) is 0. The summed E-state index contributed by atoms with van der Waals surface area (Å²) in [4.78, 5) is 0. The number of hydrogen-bond donors (Lipinski definition) is 0. The van der Waals surface area contributed by atoms with Gasteiger partial charge in [-0.1, -0.05) is 123 Å². The van der Waals surface area contributed by atoms with Gasteiger partial charge in [-0.05, 0) is 118 Å². The molecule has 4 bridgehead atoms. The molecule has 0 aromatic heterocycles. The number of hydrogen-bond acceptors (Lipinski definition) is 0. The van der Waals surface area contributed by atoms with Crippen LogP contribution < -0.4 is 0 Å². The van der Waals surface area contributed by atoms with Crippen molar-refractivity contribution in [2.45, 2.75) is 176 Å². The molecule has 1 saturated carbocycles. The monoisotopic (exact) mass is 525 g/mol. The molecule has 0 aromatic carbocycles. The molecule has 1 fully saturated rings. The summed E-state index contributed by atoms with van der Waals surface area (Å²) in [6.07, 6.45) is 38.1. The molecule has 0 nitrogen and oxygen atoms in total. The van der Waals surface area contributed by atoms with Crippen molar-refractivity contribution in [2.75, 3.05) is 0 Å². The third-order valence-corrected chi connectivity index (χ3v) is 12.3. The number of rotatable bonds is 7. The van der Waals surface area contributed by atoms with E-state index in [2.05, 4.69) is 59.8 Å². The van der Waals surface area contributed by atoms with Crippen molar-refractivity contribution in [2.24, 2.45) is 40.4 Å². The first-order chi connectivity index (χ1) is 18.4. The van der Waals surface area contributed by atoms with Gasteiger partial charge in [-0.25, -0.2) is 0 Å². The van der Waals surface area contributed by atoms with Crippen molar-refractivity contribution < 1.29 is 0 Å². The van der Waals surface area contributed by atoms with Crippen LogP contribution in [-0.4, -0.2) is 0 Å². The van der Waals surface area contributed by atoms with E-state index in [1.54, 1.807) is 5.57 Å². The fourth-order valence-corrected chi connectivity index (χ4v) is 9.72. The molecule has 3 aliphatic rings. The Hall–Kier alpha value is -0.520. The SMILES string of the molecule is CCCC1(CC)C(CCC(C)CC)CCCCCCCC2CC1(C)CCC1C=CCCCCCC2C(C)=C1. The lowest BCUT2D eigenvalue weighted by Crippen LogP contribution is -2.47. The smallest absolute Gasteiger partial charge is 0.00506 e. The lowest BCUT2D eigenvalue weighted by molar-refractivity contribution is -0.0640. The molecule has 38 heavy (non-hydrogen) atoms. The first kappa shape index (κ1) is 32.0. The fourth-order valence-electron chi connectivity index (χ4n) is 9.72. The second-order valence-corrected chi connectivity index (χ2v) is 14.7. The van der Waals surface area contributed by atoms with E-state index in [0.29, 0.717) is 16.7 Å². The fraction of sp³-hybridized carbons (Fsp3) is 0.895. The average molecular weight is 525 g/mol. The van der Waals surface area contributed by atoms with Gasteiger partial charge >= 0.3 is 0 Å². The molecular formula is C38H68. The minimum absolute atomic E-state index is 0.453. The molecule has 7 unspecified atom stereocenters. The van der Waals surface area contributed by atoms with E-state index >= 15 is 0 Å². The Labute approximate surface area is 240 Å². The minimum atomic E-state index is 0.453. The predicted octanol–water partition coefficient (Wildman–Crippen LogP) is 12.9. The second-order valence-electron chi connectivity index (χ2n) is 14.7. The van der Waals surface area contributed by atoms with Gasteiger partial charge in [0, 0.05) is 0 Å². The number of allylic oxidation sites excluding steroid dienone is 4. The number of fused-ring (bicyclic) bond motifs is 5. The van der Waals surface area contributed by atoms with Crippen LogP contribution >= 0.6 is 0 Å². The van der Waals surface area contributed by atoms with E-state index in [-0.39, 0.29) is 0 Å². The Morgan fingerprint density at radius 2 is 1.61 bits per heavy atom. The van der Waals surface area contributed by atoms with E-state index in [9.17, 15) is 0 Å². The predicted molar refractivity (Wildman–Crippen MR) is 171 cm³/mol. The molecule has 3 rings (SSSR count). The van der Waals surface area contributed by atoms with Gasteiger partial charge in [0.05, 0.1) is 0 Å². The standard InChI is InChI=1S/C38H68/c1-7-27-38(9-3)35(25-24-31(4)8-2)22-18-14-11-13-17-21-34-30-37(38,6)28-26-33-20-16-12-10-15-19-23-36(34)32(5)29-33/h16,20,29,31,33-36H,7-15,17-19,21-28,30H2,1-6H3. The Balaban J connectivity index is 2.11. The van der Waals surface area contributed by atoms with Crippen molar-refractivity contribution in [3.63, 3.8) is 0 Å². The van der Waals surface area contributed by atoms with Crippen LogP contribution in [0.4, 0.5) is 0 Å². The zero-order chi connectivity index (χ0) is 27.4. The molecule has 0 N–H and O–H groups in total. The van der Waals surface area contributed by atoms with E-state index in [1.807, 2.05) is 0 Å². The Morgan fingerprint density at radius 3 is 2.34 bits per heavy atom. The van der Waals surface area contributed by atoms with Gasteiger partial charge in [0.1, 0.15) is 0 Å². The molecule has 0 spiro atoms. The van der Waals surface area contributed by atoms with Gasteiger partial charge in [-0.3, -0.25) is 0 Å². The van der Waals surface area contributed by atoms with Crippen molar-refractivity contribution in [1.82, 2.24) is 0 Å². The maximum atomic E-state index is 2.84. The van der Waals surface area contributed by atoms with Crippen LogP contribution in [0.25, 0.3) is 0 Å². The quantitative estimate of drug-likeness (QED) is 0.290. The maximum absolute atomic E-state index is 2.84. The van der Waals surface area contributed by atoms with E-state index < -0.39 is 0 Å². The zero-order valence-corrected chi connectivity index (χ0v) is 27.0. The van der Waals surface area contributed by atoms with Gasteiger partial charge in [-0.2, -0.15) is 0 Å². The molecule has 7 atom stereocenters. The molecule has 0 aromatic rings. The highest BCUT2D eigenvalue weighted by Crippen LogP contribution is 2.61. The molecule has 0 heterocycles. The second kappa shape index (κ2) is 16.1. The molecule has 220 valence electrons. The topological polar surface area (TPSA) is 0 Å². The first-order valence-corrected chi connectivity index (χ1v) is 17.7. The molecule has 0 aliphatic heterocycles. The third kappa shape index (κ3) is 8.26. The molecular weight excluding hydrogens is 456 g/mol. The summed E-state index contributed by atoms with van der Waals surface area (Å²) in [5.41, 5.74) is 2.71. The summed E-state index contributed by atoms with van der Waals surface area (Å²) >= 11 is 0. The Bertz CT molecular complexity index is 714. The van der Waals surface area contributed by atoms with Crippen molar-refractivity contribution >= 4 is 0 Å². The summed E-state index contributed by atoms with van der Waals surface area (Å²) in [6.45, 7) is 15.4. The van der Waals surface area contributed by atoms with Gasteiger partial charge in [0.25, 0.3) is 0 Å². The zero-order valence-electron chi connectivity index (χ0n) is 27.0. The van der Waals surface area contributed by atoms with E-state index in [1.165, 1.54) is 135 Å². The van der Waals surface area contributed by atoms with Crippen LogP contribution in [0.5, 0.6) is 0 Å². The van der Waals surface area contributed by atoms with Crippen LogP contribution in [0, 0.1) is 40.4 Å². The highest BCUT2D eigenvalue weighted by molar-refractivity contribution is 5.15. The summed E-state index contributed by atoms with van der Waals surface area (Å²) in [5.74, 6) is 4.15. The van der Waals surface area contributed by atoms with E-state index in [0.717, 1.165) is 23.7 Å². The van der Waals surface area contributed by atoms with Crippen molar-refractivity contribution in [1.29, 1.82) is 0 Å². The van der Waals surface area contributed by atoms with Crippen LogP contribution in [0.3, 0.4) is 0 Å². The largest absolute Gasteiger partial charge is 0.0879 e. The summed E-state index contributed by atoms with van der Waals surface area (Å²) in [5, 5.41) is 0. The van der Waals surface area contributed by atoms with Gasteiger partial charge in [0.15, 0.2) is 0 Å². The molecule has 0 radical (unpaired) electrons. The lowest BCUT2D eigenvalue weighted by Gasteiger charge is -2.56. The van der Waals surface area contributed by atoms with Gasteiger partial charge < -0.3 is 0 Å². The maximum Gasteiger partial charge on any atom is -0.00506 e. The van der Waals surface area contributed by atoms with Gasteiger partial charge in [-0.15, -0.1) is 0 Å². The summed E-state index contributed by atoms with van der Waals surface area (Å²) < 4.78 is 0.